The quantitative estimate of drug-likeness (QED) is 0.882. The Morgan fingerprint density at radius 3 is 2.89 bits per heavy atom. The van der Waals surface area contributed by atoms with Crippen LogP contribution in [0.1, 0.15) is 38.0 Å². The number of hydrogen-bond acceptors (Lipinski definition) is 4. The minimum atomic E-state index is 0.103. The molecular weight excluding hydrogens is 342 g/mol. The highest BCUT2D eigenvalue weighted by Gasteiger charge is 2.36. The minimum Gasteiger partial charge on any atom is -0.441 e. The van der Waals surface area contributed by atoms with E-state index in [0.717, 1.165) is 37.1 Å². The molecule has 0 spiro atoms. The van der Waals surface area contributed by atoms with Crippen LogP contribution in [0, 0.1) is 5.92 Å². The third-order valence-corrected chi connectivity index (χ3v) is 5.59. The van der Waals surface area contributed by atoms with Gasteiger partial charge in [-0.15, -0.1) is 0 Å². The second-order valence-corrected chi connectivity index (χ2v) is 7.40. The van der Waals surface area contributed by atoms with E-state index in [9.17, 15) is 9.59 Å². The smallest absolute Gasteiger partial charge is 0.223 e. The molecule has 2 amide bonds. The van der Waals surface area contributed by atoms with Crippen LogP contribution >= 0.6 is 0 Å². The van der Waals surface area contributed by atoms with Gasteiger partial charge in [0, 0.05) is 49.9 Å². The lowest BCUT2D eigenvalue weighted by Gasteiger charge is -2.39. The monoisotopic (exact) mass is 367 g/mol. The molecule has 1 N–H and O–H groups in total. The third kappa shape index (κ3) is 4.04. The summed E-state index contributed by atoms with van der Waals surface area (Å²) in [6.45, 7) is 1.47. The van der Waals surface area contributed by atoms with Gasteiger partial charge in [0.2, 0.25) is 11.8 Å². The van der Waals surface area contributed by atoms with E-state index < -0.39 is 0 Å². The Hall–Kier alpha value is -2.63. The van der Waals surface area contributed by atoms with Crippen molar-refractivity contribution in [3.63, 3.8) is 0 Å². The number of aromatic nitrogens is 1. The van der Waals surface area contributed by atoms with Gasteiger partial charge in [0.15, 0.2) is 11.7 Å². The number of carbonyl (C=O) groups is 2. The number of benzene rings is 1. The predicted molar refractivity (Wildman–Crippen MR) is 101 cm³/mol. The van der Waals surface area contributed by atoms with Crippen molar-refractivity contribution in [1.29, 1.82) is 0 Å². The zero-order valence-corrected chi connectivity index (χ0v) is 15.4. The first-order valence-corrected chi connectivity index (χ1v) is 9.77. The molecule has 2 aliphatic rings. The van der Waals surface area contributed by atoms with Gasteiger partial charge in [-0.2, -0.15) is 0 Å². The van der Waals surface area contributed by atoms with E-state index in [2.05, 4.69) is 10.3 Å². The van der Waals surface area contributed by atoms with Gasteiger partial charge in [-0.05, 0) is 19.3 Å². The number of likely N-dealkylation sites (tertiary alicyclic amines) is 1. The summed E-state index contributed by atoms with van der Waals surface area (Å²) in [7, 11) is 0. The maximum atomic E-state index is 12.8. The van der Waals surface area contributed by atoms with Gasteiger partial charge in [0.05, 0.1) is 6.20 Å². The summed E-state index contributed by atoms with van der Waals surface area (Å²) < 4.78 is 5.81. The van der Waals surface area contributed by atoms with Crippen LogP contribution < -0.4 is 5.32 Å². The number of hydrogen-bond donors (Lipinski definition) is 1. The molecule has 6 heteroatoms. The molecule has 2 aromatic rings. The molecule has 0 saturated carbocycles. The van der Waals surface area contributed by atoms with Crippen LogP contribution in [0.4, 0.5) is 0 Å². The van der Waals surface area contributed by atoms with E-state index in [0.29, 0.717) is 31.7 Å². The zero-order valence-electron chi connectivity index (χ0n) is 15.4. The van der Waals surface area contributed by atoms with Crippen molar-refractivity contribution in [2.45, 2.75) is 44.6 Å². The summed E-state index contributed by atoms with van der Waals surface area (Å²) in [5.41, 5.74) is 0.983. The molecule has 0 radical (unpaired) electrons. The first kappa shape index (κ1) is 17.8. The molecule has 4 rings (SSSR count). The van der Waals surface area contributed by atoms with Crippen molar-refractivity contribution in [2.24, 2.45) is 5.92 Å². The number of nitrogens with one attached hydrogen (secondary N) is 1. The summed E-state index contributed by atoms with van der Waals surface area (Å²) in [6, 6.07) is 10.0. The summed E-state index contributed by atoms with van der Waals surface area (Å²) in [4.78, 5) is 30.7. The minimum absolute atomic E-state index is 0.103. The Balaban J connectivity index is 1.37. The standard InChI is InChI=1S/C21H25N3O3/c25-19-12-16(13-22-19)17-8-4-5-11-24(17)21(26)10-9-20-23-14-18(27-20)15-6-2-1-3-7-15/h1-3,6-7,14,16-17H,4-5,8-13H2,(H,22,25)/t16-,17-/m0/s1. The van der Waals surface area contributed by atoms with Crippen LogP contribution in [0.5, 0.6) is 0 Å². The van der Waals surface area contributed by atoms with Gasteiger partial charge >= 0.3 is 0 Å². The lowest BCUT2D eigenvalue weighted by molar-refractivity contribution is -0.136. The average molecular weight is 367 g/mol. The Morgan fingerprint density at radius 2 is 2.11 bits per heavy atom. The number of oxazole rings is 1. The molecule has 1 aromatic heterocycles. The van der Waals surface area contributed by atoms with Crippen LogP contribution in [0.3, 0.4) is 0 Å². The number of rotatable bonds is 5. The Bertz CT molecular complexity index is 802. The van der Waals surface area contributed by atoms with Crippen molar-refractivity contribution in [3.05, 3.63) is 42.4 Å². The van der Waals surface area contributed by atoms with Crippen molar-refractivity contribution in [1.82, 2.24) is 15.2 Å². The van der Waals surface area contributed by atoms with Crippen molar-refractivity contribution in [2.75, 3.05) is 13.1 Å². The molecule has 0 unspecified atom stereocenters. The van der Waals surface area contributed by atoms with Gasteiger partial charge in [-0.1, -0.05) is 30.3 Å². The molecule has 27 heavy (non-hydrogen) atoms. The van der Waals surface area contributed by atoms with Crippen LogP contribution in [-0.4, -0.2) is 40.8 Å². The highest BCUT2D eigenvalue weighted by atomic mass is 16.4. The van der Waals surface area contributed by atoms with Crippen LogP contribution in [0.2, 0.25) is 0 Å². The third-order valence-electron chi connectivity index (χ3n) is 5.59. The van der Waals surface area contributed by atoms with E-state index >= 15 is 0 Å². The van der Waals surface area contributed by atoms with E-state index in [1.165, 1.54) is 0 Å². The number of nitrogens with zero attached hydrogens (tertiary/aromatic N) is 2. The first-order chi connectivity index (χ1) is 13.2. The molecule has 2 fully saturated rings. The second-order valence-electron chi connectivity index (χ2n) is 7.40. The van der Waals surface area contributed by atoms with Crippen molar-refractivity contribution in [3.8, 4) is 11.3 Å². The fourth-order valence-electron chi connectivity index (χ4n) is 4.18. The van der Waals surface area contributed by atoms with Gasteiger partial charge in [0.25, 0.3) is 0 Å². The largest absolute Gasteiger partial charge is 0.441 e. The van der Waals surface area contributed by atoms with Gasteiger partial charge < -0.3 is 14.6 Å². The van der Waals surface area contributed by atoms with E-state index in [-0.39, 0.29) is 23.8 Å². The number of carbonyl (C=O) groups excluding carboxylic acids is 2. The highest BCUT2D eigenvalue weighted by molar-refractivity contribution is 5.79. The SMILES string of the molecule is O=C1C[C@H]([C@@H]2CCCCN2C(=O)CCc2ncc(-c3ccccc3)o2)CN1. The summed E-state index contributed by atoms with van der Waals surface area (Å²) in [6.07, 6.45) is 6.29. The molecule has 1 aromatic carbocycles. The first-order valence-electron chi connectivity index (χ1n) is 9.77. The maximum Gasteiger partial charge on any atom is 0.223 e. The van der Waals surface area contributed by atoms with Crippen LogP contribution in [-0.2, 0) is 16.0 Å². The normalized spacial score (nSPS) is 22.7. The molecule has 142 valence electrons. The molecule has 0 bridgehead atoms. The van der Waals surface area contributed by atoms with E-state index in [4.69, 9.17) is 4.42 Å². The summed E-state index contributed by atoms with van der Waals surface area (Å²) >= 11 is 0. The molecule has 6 nitrogen and oxygen atoms in total. The van der Waals surface area contributed by atoms with Crippen LogP contribution in [0.25, 0.3) is 11.3 Å². The molecule has 3 heterocycles. The summed E-state index contributed by atoms with van der Waals surface area (Å²) in [5.74, 6) is 1.80. The number of amides is 2. The fourth-order valence-corrected chi connectivity index (χ4v) is 4.18. The lowest BCUT2D eigenvalue weighted by atomic mass is 9.89. The predicted octanol–water partition coefficient (Wildman–Crippen LogP) is 2.79. The van der Waals surface area contributed by atoms with E-state index in [1.807, 2.05) is 35.2 Å². The maximum absolute atomic E-state index is 12.8. The second kappa shape index (κ2) is 7.94. The Labute approximate surface area is 159 Å². The van der Waals surface area contributed by atoms with E-state index in [1.54, 1.807) is 6.20 Å². The topological polar surface area (TPSA) is 75.4 Å². The molecule has 2 atom stereocenters. The van der Waals surface area contributed by atoms with Gasteiger partial charge in [-0.25, -0.2) is 4.98 Å². The van der Waals surface area contributed by atoms with Gasteiger partial charge in [-0.3, -0.25) is 9.59 Å². The molecule has 2 saturated heterocycles. The zero-order chi connectivity index (χ0) is 18.6. The van der Waals surface area contributed by atoms with Crippen molar-refractivity contribution < 1.29 is 14.0 Å². The fraction of sp³-hybridized carbons (Fsp3) is 0.476. The number of aryl methyl sites for hydroxylation is 1. The van der Waals surface area contributed by atoms with Crippen LogP contribution in [0.15, 0.2) is 40.9 Å². The summed E-state index contributed by atoms with van der Waals surface area (Å²) in [5, 5.41) is 2.90. The van der Waals surface area contributed by atoms with Crippen molar-refractivity contribution >= 4 is 11.8 Å². The lowest BCUT2D eigenvalue weighted by Crippen LogP contribution is -2.48. The Morgan fingerprint density at radius 1 is 1.26 bits per heavy atom. The molecule has 0 aliphatic carbocycles. The highest BCUT2D eigenvalue weighted by Crippen LogP contribution is 2.28. The average Bonchev–Trinajstić information content (AvgIpc) is 3.36. The van der Waals surface area contributed by atoms with Gasteiger partial charge in [0.1, 0.15) is 0 Å². The number of piperidine rings is 1. The molecular formula is C21H25N3O3. The molecule has 2 aliphatic heterocycles. The Kier molecular flexibility index (Phi) is 5.23.